The number of nitrogens with zero attached hydrogens (tertiary/aromatic N) is 1. The summed E-state index contributed by atoms with van der Waals surface area (Å²) in [5.41, 5.74) is 0. The zero-order chi connectivity index (χ0) is 12.3. The standard InChI is InChI=1S/C8H14N2O6/c11-4(7(14)15)1-9-8(16)10-2-5(12)6(13)3-10/h4-6,11-13H,1-3H2,(H,9,16)(H,14,15). The summed E-state index contributed by atoms with van der Waals surface area (Å²) in [4.78, 5) is 22.7. The highest BCUT2D eigenvalue weighted by Crippen LogP contribution is 2.09. The molecule has 8 heteroatoms. The fourth-order valence-corrected chi connectivity index (χ4v) is 1.32. The maximum atomic E-state index is 11.4. The average Bonchev–Trinajstić information content (AvgIpc) is 2.55. The van der Waals surface area contributed by atoms with Crippen LogP contribution >= 0.6 is 0 Å². The van der Waals surface area contributed by atoms with Crippen molar-refractivity contribution in [3.63, 3.8) is 0 Å². The molecule has 0 spiro atoms. The number of carboxylic acids is 1. The molecule has 92 valence electrons. The predicted octanol–water partition coefficient (Wildman–Crippen LogP) is -2.82. The van der Waals surface area contributed by atoms with Crippen LogP contribution in [0.15, 0.2) is 0 Å². The second-order valence-electron chi connectivity index (χ2n) is 3.58. The third kappa shape index (κ3) is 3.05. The van der Waals surface area contributed by atoms with Crippen molar-refractivity contribution in [3.8, 4) is 0 Å². The number of carbonyl (C=O) groups is 2. The minimum absolute atomic E-state index is 0.0177. The number of urea groups is 1. The molecule has 1 saturated heterocycles. The van der Waals surface area contributed by atoms with Crippen molar-refractivity contribution < 1.29 is 30.0 Å². The van der Waals surface area contributed by atoms with E-state index >= 15 is 0 Å². The lowest BCUT2D eigenvalue weighted by Gasteiger charge is -2.16. The maximum Gasteiger partial charge on any atom is 0.334 e. The molecule has 3 atom stereocenters. The molecule has 0 bridgehead atoms. The molecular formula is C8H14N2O6. The molecule has 3 unspecified atom stereocenters. The van der Waals surface area contributed by atoms with E-state index in [2.05, 4.69) is 5.32 Å². The first-order chi connectivity index (χ1) is 7.41. The lowest BCUT2D eigenvalue weighted by Crippen LogP contribution is -2.44. The highest BCUT2D eigenvalue weighted by atomic mass is 16.4. The van der Waals surface area contributed by atoms with Gasteiger partial charge in [-0.1, -0.05) is 0 Å². The SMILES string of the molecule is O=C(O)C(O)CNC(=O)N1CC(O)C(O)C1. The van der Waals surface area contributed by atoms with Gasteiger partial charge in [-0.05, 0) is 0 Å². The van der Waals surface area contributed by atoms with Crippen molar-refractivity contribution >= 4 is 12.0 Å². The van der Waals surface area contributed by atoms with E-state index in [4.69, 9.17) is 20.4 Å². The predicted molar refractivity (Wildman–Crippen MR) is 50.6 cm³/mol. The molecule has 16 heavy (non-hydrogen) atoms. The highest BCUT2D eigenvalue weighted by molar-refractivity contribution is 5.77. The van der Waals surface area contributed by atoms with Gasteiger partial charge in [-0.2, -0.15) is 0 Å². The van der Waals surface area contributed by atoms with E-state index in [-0.39, 0.29) is 13.1 Å². The second kappa shape index (κ2) is 5.10. The van der Waals surface area contributed by atoms with Gasteiger partial charge in [0.15, 0.2) is 6.10 Å². The summed E-state index contributed by atoms with van der Waals surface area (Å²) >= 11 is 0. The Hall–Kier alpha value is -1.38. The number of likely N-dealkylation sites (tertiary alicyclic amines) is 1. The van der Waals surface area contributed by atoms with Crippen LogP contribution in [0, 0.1) is 0 Å². The fourth-order valence-electron chi connectivity index (χ4n) is 1.32. The Morgan fingerprint density at radius 2 is 1.81 bits per heavy atom. The second-order valence-corrected chi connectivity index (χ2v) is 3.58. The fraction of sp³-hybridized carbons (Fsp3) is 0.750. The molecule has 0 aromatic heterocycles. The first-order valence-electron chi connectivity index (χ1n) is 4.71. The van der Waals surface area contributed by atoms with E-state index in [0.29, 0.717) is 0 Å². The van der Waals surface area contributed by atoms with Gasteiger partial charge in [-0.15, -0.1) is 0 Å². The van der Waals surface area contributed by atoms with Gasteiger partial charge in [0.2, 0.25) is 0 Å². The number of aliphatic hydroxyl groups is 3. The van der Waals surface area contributed by atoms with Crippen molar-refractivity contribution in [2.75, 3.05) is 19.6 Å². The first kappa shape index (κ1) is 12.7. The smallest absolute Gasteiger partial charge is 0.334 e. The molecule has 1 heterocycles. The topological polar surface area (TPSA) is 130 Å². The van der Waals surface area contributed by atoms with Crippen molar-refractivity contribution in [3.05, 3.63) is 0 Å². The van der Waals surface area contributed by atoms with Crippen LogP contribution in [0.3, 0.4) is 0 Å². The molecule has 1 fully saturated rings. The van der Waals surface area contributed by atoms with Gasteiger partial charge in [-0.3, -0.25) is 0 Å². The summed E-state index contributed by atoms with van der Waals surface area (Å²) in [6.07, 6.45) is -3.65. The number of hydrogen-bond donors (Lipinski definition) is 5. The summed E-state index contributed by atoms with van der Waals surface area (Å²) in [5, 5.41) is 37.8. The number of carboxylic acid groups (broad SMARTS) is 1. The zero-order valence-corrected chi connectivity index (χ0v) is 8.41. The Morgan fingerprint density at radius 3 is 2.25 bits per heavy atom. The Balaban J connectivity index is 2.34. The van der Waals surface area contributed by atoms with Crippen LogP contribution in [-0.2, 0) is 4.79 Å². The number of nitrogens with one attached hydrogen (secondary N) is 1. The summed E-state index contributed by atoms with van der Waals surface area (Å²) in [7, 11) is 0. The molecule has 0 aromatic rings. The van der Waals surface area contributed by atoms with Gasteiger partial charge >= 0.3 is 12.0 Å². The van der Waals surface area contributed by atoms with Crippen molar-refractivity contribution in [2.45, 2.75) is 18.3 Å². The van der Waals surface area contributed by atoms with Gasteiger partial charge in [-0.25, -0.2) is 9.59 Å². The van der Waals surface area contributed by atoms with E-state index in [1.165, 1.54) is 0 Å². The first-order valence-corrected chi connectivity index (χ1v) is 4.71. The normalized spacial score (nSPS) is 26.6. The molecule has 8 nitrogen and oxygen atoms in total. The van der Waals surface area contributed by atoms with Gasteiger partial charge < -0.3 is 30.6 Å². The lowest BCUT2D eigenvalue weighted by molar-refractivity contribution is -0.146. The number of aliphatic carboxylic acids is 1. The quantitative estimate of drug-likeness (QED) is 0.358. The van der Waals surface area contributed by atoms with E-state index in [0.717, 1.165) is 4.90 Å². The van der Waals surface area contributed by atoms with Crippen LogP contribution < -0.4 is 5.32 Å². The van der Waals surface area contributed by atoms with Crippen molar-refractivity contribution in [2.24, 2.45) is 0 Å². The monoisotopic (exact) mass is 234 g/mol. The van der Waals surface area contributed by atoms with Crippen LogP contribution in [-0.4, -0.2) is 75.3 Å². The van der Waals surface area contributed by atoms with E-state index in [1.807, 2.05) is 0 Å². The minimum Gasteiger partial charge on any atom is -0.479 e. The van der Waals surface area contributed by atoms with E-state index < -0.39 is 36.9 Å². The number of amides is 2. The summed E-state index contributed by atoms with van der Waals surface area (Å²) in [6, 6.07) is -0.629. The summed E-state index contributed by atoms with van der Waals surface area (Å²) in [6.45, 7) is -0.455. The molecule has 1 rings (SSSR count). The largest absolute Gasteiger partial charge is 0.479 e. The van der Waals surface area contributed by atoms with Gasteiger partial charge in [0.1, 0.15) is 0 Å². The Labute approximate surface area is 91.1 Å². The Morgan fingerprint density at radius 1 is 1.31 bits per heavy atom. The molecule has 0 aliphatic carbocycles. The molecule has 0 saturated carbocycles. The molecule has 2 amide bonds. The minimum atomic E-state index is -1.67. The zero-order valence-electron chi connectivity index (χ0n) is 8.41. The number of hydrogen-bond acceptors (Lipinski definition) is 5. The van der Waals surface area contributed by atoms with Crippen LogP contribution in [0.25, 0.3) is 0 Å². The van der Waals surface area contributed by atoms with E-state index in [1.54, 1.807) is 0 Å². The third-order valence-electron chi connectivity index (χ3n) is 2.28. The van der Waals surface area contributed by atoms with Crippen LogP contribution in [0.4, 0.5) is 4.79 Å². The average molecular weight is 234 g/mol. The number of rotatable bonds is 3. The van der Waals surface area contributed by atoms with Crippen molar-refractivity contribution in [1.82, 2.24) is 10.2 Å². The Bertz CT molecular complexity index is 274. The van der Waals surface area contributed by atoms with Gasteiger partial charge in [0.05, 0.1) is 31.8 Å². The summed E-state index contributed by atoms with van der Waals surface area (Å²) < 4.78 is 0. The van der Waals surface area contributed by atoms with E-state index in [9.17, 15) is 9.59 Å². The van der Waals surface area contributed by atoms with Crippen LogP contribution in [0.2, 0.25) is 0 Å². The molecule has 1 aliphatic heterocycles. The molecule has 1 aliphatic rings. The number of carbonyl (C=O) groups excluding carboxylic acids is 1. The lowest BCUT2D eigenvalue weighted by atomic mass is 10.3. The van der Waals surface area contributed by atoms with Gasteiger partial charge in [0.25, 0.3) is 0 Å². The van der Waals surface area contributed by atoms with Crippen LogP contribution in [0.1, 0.15) is 0 Å². The highest BCUT2D eigenvalue weighted by Gasteiger charge is 2.32. The maximum absolute atomic E-state index is 11.4. The van der Waals surface area contributed by atoms with Crippen LogP contribution in [0.5, 0.6) is 0 Å². The molecule has 0 aromatic carbocycles. The molecule has 0 radical (unpaired) electrons. The summed E-state index contributed by atoms with van der Waals surface area (Å²) in [5.74, 6) is -1.43. The van der Waals surface area contributed by atoms with Crippen molar-refractivity contribution in [1.29, 1.82) is 0 Å². The molecular weight excluding hydrogens is 220 g/mol. The Kier molecular flexibility index (Phi) is 4.05. The third-order valence-corrected chi connectivity index (χ3v) is 2.28. The van der Waals surface area contributed by atoms with Gasteiger partial charge in [0, 0.05) is 0 Å². The number of β-amino-alcohol motifs (C(OH)–C–C–N with tert-alkyl or cyclic N) is 2. The molecule has 5 N–H and O–H groups in total. The number of aliphatic hydroxyl groups excluding tert-OH is 3.